The Labute approximate surface area is 85.1 Å². The molecule has 0 spiro atoms. The second kappa shape index (κ2) is 3.00. The number of rotatable bonds is 1. The third kappa shape index (κ3) is 1.44. The van der Waals surface area contributed by atoms with Crippen LogP contribution in [0.25, 0.3) is 0 Å². The van der Waals surface area contributed by atoms with E-state index in [9.17, 15) is 18.0 Å². The van der Waals surface area contributed by atoms with Gasteiger partial charge in [-0.15, -0.1) is 0 Å². The lowest BCUT2D eigenvalue weighted by atomic mass is 9.87. The molecule has 0 aromatic rings. The van der Waals surface area contributed by atoms with Crippen molar-refractivity contribution in [2.24, 2.45) is 11.8 Å². The van der Waals surface area contributed by atoms with E-state index in [1.807, 2.05) is 0 Å². The molecule has 0 aliphatic heterocycles. The van der Waals surface area contributed by atoms with Crippen LogP contribution >= 0.6 is 0 Å². The molecule has 2 aliphatic carbocycles. The van der Waals surface area contributed by atoms with E-state index in [1.165, 1.54) is 6.08 Å². The molecule has 1 saturated carbocycles. The lowest BCUT2D eigenvalue weighted by molar-refractivity contribution is -0.277. The van der Waals surface area contributed by atoms with Crippen molar-refractivity contribution in [3.8, 4) is 0 Å². The molecule has 2 nitrogen and oxygen atoms in total. The third-order valence-electron chi connectivity index (χ3n) is 3.14. The van der Waals surface area contributed by atoms with Crippen molar-refractivity contribution in [2.45, 2.75) is 31.5 Å². The van der Waals surface area contributed by atoms with Crippen molar-refractivity contribution in [3.63, 3.8) is 0 Å². The second-order valence-corrected chi connectivity index (χ2v) is 4.17. The first-order chi connectivity index (χ1) is 6.85. The lowest BCUT2D eigenvalue weighted by Gasteiger charge is -2.36. The summed E-state index contributed by atoms with van der Waals surface area (Å²) in [5, 5.41) is 0. The van der Waals surface area contributed by atoms with Crippen molar-refractivity contribution in [2.75, 3.05) is 0 Å². The van der Waals surface area contributed by atoms with Crippen LogP contribution in [0.5, 0.6) is 0 Å². The maximum Gasteiger partial charge on any atom is 0.428 e. The molecule has 84 valence electrons. The topological polar surface area (TPSA) is 26.3 Å². The van der Waals surface area contributed by atoms with E-state index in [0.29, 0.717) is 6.42 Å². The molecule has 0 radical (unpaired) electrons. The van der Waals surface area contributed by atoms with E-state index in [0.717, 1.165) is 6.92 Å². The fraction of sp³-hybridized carbons (Fsp3) is 0.700. The molecule has 1 fully saturated rings. The van der Waals surface area contributed by atoms with Crippen LogP contribution in [-0.4, -0.2) is 17.7 Å². The van der Waals surface area contributed by atoms with Gasteiger partial charge in [-0.2, -0.15) is 13.2 Å². The van der Waals surface area contributed by atoms with Gasteiger partial charge >= 0.3 is 12.1 Å². The number of alkyl halides is 3. The van der Waals surface area contributed by atoms with Gasteiger partial charge < -0.3 is 4.74 Å². The van der Waals surface area contributed by atoms with Crippen molar-refractivity contribution in [3.05, 3.63) is 12.2 Å². The van der Waals surface area contributed by atoms with Gasteiger partial charge in [-0.1, -0.05) is 12.2 Å². The van der Waals surface area contributed by atoms with E-state index in [-0.39, 0.29) is 12.3 Å². The number of hydrogen-bond acceptors (Lipinski definition) is 2. The van der Waals surface area contributed by atoms with Crippen LogP contribution in [0.4, 0.5) is 13.2 Å². The number of allylic oxidation sites excluding steroid dienone is 1. The van der Waals surface area contributed by atoms with E-state index >= 15 is 0 Å². The number of esters is 1. The minimum Gasteiger partial charge on any atom is -0.449 e. The Kier molecular flexibility index (Phi) is 2.10. The highest BCUT2D eigenvalue weighted by Gasteiger charge is 2.66. The molecule has 2 aliphatic rings. The minimum atomic E-state index is -4.48. The summed E-state index contributed by atoms with van der Waals surface area (Å²) >= 11 is 0. The van der Waals surface area contributed by atoms with E-state index in [2.05, 4.69) is 4.74 Å². The van der Waals surface area contributed by atoms with Gasteiger partial charge in [-0.05, 0) is 12.3 Å². The summed E-state index contributed by atoms with van der Waals surface area (Å²) in [6.07, 6.45) is -0.879. The minimum absolute atomic E-state index is 0.101. The molecule has 2 rings (SSSR count). The molecule has 15 heavy (non-hydrogen) atoms. The molecule has 0 saturated heterocycles. The zero-order valence-electron chi connectivity index (χ0n) is 8.17. The molecular weight excluding hydrogens is 209 g/mol. The smallest absolute Gasteiger partial charge is 0.428 e. The van der Waals surface area contributed by atoms with Crippen LogP contribution in [0.15, 0.2) is 12.2 Å². The normalized spacial score (nSPS) is 38.4. The zero-order chi connectivity index (χ0) is 11.3. The lowest BCUT2D eigenvalue weighted by Crippen LogP contribution is -2.51. The number of carbonyl (C=O) groups is 1. The van der Waals surface area contributed by atoms with Crippen molar-refractivity contribution < 1.29 is 22.7 Å². The zero-order valence-corrected chi connectivity index (χ0v) is 8.17. The highest BCUT2D eigenvalue weighted by Crippen LogP contribution is 2.55. The summed E-state index contributed by atoms with van der Waals surface area (Å²) in [6, 6.07) is 0. The third-order valence-corrected chi connectivity index (χ3v) is 3.14. The molecule has 0 heterocycles. The first-order valence-corrected chi connectivity index (χ1v) is 4.80. The summed E-state index contributed by atoms with van der Waals surface area (Å²) in [5.41, 5.74) is -2.27. The van der Waals surface area contributed by atoms with Crippen LogP contribution in [0, 0.1) is 11.8 Å². The maximum atomic E-state index is 12.9. The van der Waals surface area contributed by atoms with Gasteiger partial charge in [0.15, 0.2) is 0 Å². The maximum absolute atomic E-state index is 12.9. The molecular formula is C10H11F3O2. The summed E-state index contributed by atoms with van der Waals surface area (Å²) in [7, 11) is 0. The predicted octanol–water partition coefficient (Wildman–Crippen LogP) is 2.45. The summed E-state index contributed by atoms with van der Waals surface area (Å²) < 4.78 is 43.4. The fourth-order valence-corrected chi connectivity index (χ4v) is 2.57. The Bertz CT molecular complexity index is 321. The van der Waals surface area contributed by atoms with E-state index in [1.54, 1.807) is 6.08 Å². The van der Waals surface area contributed by atoms with Gasteiger partial charge in [0.1, 0.15) is 0 Å². The number of carbonyl (C=O) groups excluding carboxylic acids is 1. The quantitative estimate of drug-likeness (QED) is 0.501. The first-order valence-electron chi connectivity index (χ1n) is 4.80. The summed E-state index contributed by atoms with van der Waals surface area (Å²) in [4.78, 5) is 10.8. The number of hydrogen-bond donors (Lipinski definition) is 0. The summed E-state index contributed by atoms with van der Waals surface area (Å²) in [5.74, 6) is -1.67. The van der Waals surface area contributed by atoms with Gasteiger partial charge in [0, 0.05) is 19.3 Å². The Morgan fingerprint density at radius 2 is 2.13 bits per heavy atom. The largest absolute Gasteiger partial charge is 0.449 e. The molecule has 2 bridgehead atoms. The van der Waals surface area contributed by atoms with Gasteiger partial charge in [0.05, 0.1) is 0 Å². The molecule has 0 N–H and O–H groups in total. The first kappa shape index (κ1) is 10.5. The van der Waals surface area contributed by atoms with E-state index < -0.39 is 23.7 Å². The number of fused-ring (bicyclic) bond motifs is 2. The highest BCUT2D eigenvalue weighted by molar-refractivity contribution is 5.67. The van der Waals surface area contributed by atoms with E-state index in [4.69, 9.17) is 0 Å². The van der Waals surface area contributed by atoms with Crippen molar-refractivity contribution in [1.82, 2.24) is 0 Å². The highest BCUT2D eigenvalue weighted by atomic mass is 19.4. The number of halogens is 3. The van der Waals surface area contributed by atoms with Crippen LogP contribution in [0.1, 0.15) is 19.8 Å². The van der Waals surface area contributed by atoms with Gasteiger partial charge in [-0.3, -0.25) is 4.79 Å². The Morgan fingerprint density at radius 1 is 1.47 bits per heavy atom. The number of ether oxygens (including phenoxy) is 1. The van der Waals surface area contributed by atoms with Gasteiger partial charge in [0.25, 0.3) is 0 Å². The van der Waals surface area contributed by atoms with Crippen LogP contribution < -0.4 is 0 Å². The van der Waals surface area contributed by atoms with Crippen LogP contribution in [0.3, 0.4) is 0 Å². The molecule has 3 atom stereocenters. The average molecular weight is 220 g/mol. The molecule has 0 aromatic carbocycles. The SMILES string of the molecule is CC(=O)OC1(C(F)(F)F)CC2C=CC1C2. The van der Waals surface area contributed by atoms with Crippen LogP contribution in [-0.2, 0) is 9.53 Å². The monoisotopic (exact) mass is 220 g/mol. The molecule has 5 heteroatoms. The Morgan fingerprint density at radius 3 is 2.47 bits per heavy atom. The fourth-order valence-electron chi connectivity index (χ4n) is 2.57. The van der Waals surface area contributed by atoms with Crippen LogP contribution in [0.2, 0.25) is 0 Å². The summed E-state index contributed by atoms with van der Waals surface area (Å²) in [6.45, 7) is 1.02. The molecule has 0 amide bonds. The predicted molar refractivity (Wildman–Crippen MR) is 45.9 cm³/mol. The standard InChI is InChI=1S/C10H11F3O2/c1-6(14)15-9(10(11,12)13)5-7-2-3-8(9)4-7/h2-3,7-8H,4-5H2,1H3. The second-order valence-electron chi connectivity index (χ2n) is 4.17. The van der Waals surface area contributed by atoms with Crippen molar-refractivity contribution in [1.29, 1.82) is 0 Å². The average Bonchev–Trinajstić information content (AvgIpc) is 2.60. The Hall–Kier alpha value is -1.00. The van der Waals surface area contributed by atoms with Gasteiger partial charge in [0.2, 0.25) is 5.60 Å². The molecule has 3 unspecified atom stereocenters. The Balaban J connectivity index is 2.33. The van der Waals surface area contributed by atoms with Gasteiger partial charge in [-0.25, -0.2) is 0 Å². The van der Waals surface area contributed by atoms with Crippen molar-refractivity contribution >= 4 is 5.97 Å². The molecule has 0 aromatic heterocycles.